The van der Waals surface area contributed by atoms with Crippen LogP contribution in [0.25, 0.3) is 0 Å². The zero-order valence-corrected chi connectivity index (χ0v) is 32.4. The largest absolute Gasteiger partial charge is 0.394 e. The van der Waals surface area contributed by atoms with Crippen LogP contribution in [0.1, 0.15) is 213 Å². The predicted octanol–water partition coefficient (Wildman–Crippen LogP) is 10.8. The number of unbranched alkanes of at least 4 members (excludes halogenated alkanes) is 25. The van der Waals surface area contributed by atoms with Gasteiger partial charge in [0, 0.05) is 0 Å². The quantitative estimate of drug-likeness (QED) is 0.0327. The lowest BCUT2D eigenvalue weighted by Crippen LogP contribution is -2.53. The summed E-state index contributed by atoms with van der Waals surface area (Å²) in [6.45, 7) is 4.00. The lowest BCUT2D eigenvalue weighted by Gasteiger charge is -2.27. The minimum Gasteiger partial charge on any atom is -0.394 e. The normalized spacial score (nSPS) is 14.5. The van der Waals surface area contributed by atoms with Gasteiger partial charge in [-0.25, -0.2) is 0 Å². The van der Waals surface area contributed by atoms with Crippen LogP contribution >= 0.6 is 0 Å². The third-order valence-corrected chi connectivity index (χ3v) is 9.89. The molecule has 6 nitrogen and oxygen atoms in total. The van der Waals surface area contributed by atoms with Crippen molar-refractivity contribution in [2.24, 2.45) is 0 Å². The molecule has 0 radical (unpaired) electrons. The van der Waals surface area contributed by atoms with Gasteiger partial charge in [0.05, 0.1) is 18.8 Å². The van der Waals surface area contributed by atoms with E-state index in [-0.39, 0.29) is 0 Å². The topological polar surface area (TPSA) is 110 Å². The molecule has 0 fully saturated rings. The molecule has 4 unspecified atom stereocenters. The summed E-state index contributed by atoms with van der Waals surface area (Å²) in [7, 11) is 0. The highest BCUT2D eigenvalue weighted by atomic mass is 16.3. The van der Waals surface area contributed by atoms with E-state index in [4.69, 9.17) is 0 Å². The van der Waals surface area contributed by atoms with Crippen molar-refractivity contribution < 1.29 is 25.2 Å². The number of aliphatic hydroxyl groups excluding tert-OH is 4. The van der Waals surface area contributed by atoms with Gasteiger partial charge < -0.3 is 25.7 Å². The fourth-order valence-electron chi connectivity index (χ4n) is 6.48. The van der Waals surface area contributed by atoms with E-state index in [1.165, 1.54) is 141 Å². The Bertz CT molecular complexity index is 742. The molecule has 0 bridgehead atoms. The van der Waals surface area contributed by atoms with Crippen molar-refractivity contribution in [2.75, 3.05) is 6.61 Å². The summed E-state index contributed by atoms with van der Waals surface area (Å²) in [6.07, 6.45) is 42.3. The van der Waals surface area contributed by atoms with E-state index in [1.807, 2.05) is 0 Å². The van der Waals surface area contributed by atoms with Crippen LogP contribution < -0.4 is 5.32 Å². The van der Waals surface area contributed by atoms with Crippen molar-refractivity contribution in [2.45, 2.75) is 237 Å². The van der Waals surface area contributed by atoms with Gasteiger partial charge in [-0.05, 0) is 51.4 Å². The average Bonchev–Trinajstić information content (AvgIpc) is 3.11. The molecular weight excluding hydrogens is 610 g/mol. The fourth-order valence-corrected chi connectivity index (χ4v) is 6.48. The van der Waals surface area contributed by atoms with Crippen LogP contribution in [0.15, 0.2) is 24.3 Å². The van der Waals surface area contributed by atoms with Crippen molar-refractivity contribution in [1.82, 2.24) is 5.32 Å². The molecule has 0 rings (SSSR count). The zero-order chi connectivity index (χ0) is 36.0. The highest BCUT2D eigenvalue weighted by molar-refractivity contribution is 5.80. The van der Waals surface area contributed by atoms with Crippen molar-refractivity contribution >= 4 is 5.91 Å². The maximum absolute atomic E-state index is 12.4. The molecular formula is C43H83NO5. The van der Waals surface area contributed by atoms with Gasteiger partial charge in [-0.3, -0.25) is 4.79 Å². The molecule has 0 aromatic rings. The third-order valence-electron chi connectivity index (χ3n) is 9.89. The SMILES string of the molecule is CCCCCCCCCCCCCCCCC/C=C/CC/C=C/CCCC(O)C(O)C(CO)NC(=O)C(O)CCCCCCCCCCC. The summed E-state index contributed by atoms with van der Waals surface area (Å²) >= 11 is 0. The molecule has 0 aliphatic heterocycles. The molecule has 0 saturated heterocycles. The van der Waals surface area contributed by atoms with Gasteiger partial charge in [-0.15, -0.1) is 0 Å². The lowest BCUT2D eigenvalue weighted by molar-refractivity contribution is -0.132. The molecule has 0 aliphatic rings. The number of hydrogen-bond acceptors (Lipinski definition) is 5. The standard InChI is InChI=1S/C43H83NO5/c1-3-5-7-9-11-13-14-15-16-17-18-19-20-21-22-23-24-25-26-27-29-30-32-34-36-40(46)42(48)39(38-45)44-43(49)41(47)37-35-33-31-28-12-10-8-6-4-2/h24-25,29-30,39-42,45-48H,3-23,26-28,31-38H2,1-2H3,(H,44,49)/b25-24+,30-29+. The van der Waals surface area contributed by atoms with Crippen molar-refractivity contribution in [1.29, 1.82) is 0 Å². The van der Waals surface area contributed by atoms with E-state index in [2.05, 4.69) is 43.5 Å². The maximum atomic E-state index is 12.4. The molecule has 0 aromatic heterocycles. The summed E-state index contributed by atoms with van der Waals surface area (Å²) in [5.41, 5.74) is 0. The molecule has 0 aromatic carbocycles. The van der Waals surface area contributed by atoms with Crippen molar-refractivity contribution in [3.63, 3.8) is 0 Å². The van der Waals surface area contributed by atoms with Crippen LogP contribution in [0, 0.1) is 0 Å². The summed E-state index contributed by atoms with van der Waals surface area (Å²) in [6, 6.07) is -1.00. The molecule has 6 heteroatoms. The zero-order valence-electron chi connectivity index (χ0n) is 32.4. The average molecular weight is 694 g/mol. The van der Waals surface area contributed by atoms with Gasteiger partial charge in [0.15, 0.2) is 0 Å². The van der Waals surface area contributed by atoms with Crippen LogP contribution in [0.5, 0.6) is 0 Å². The third kappa shape index (κ3) is 32.4. The van der Waals surface area contributed by atoms with Crippen LogP contribution in [0.4, 0.5) is 0 Å². The summed E-state index contributed by atoms with van der Waals surface area (Å²) in [5.74, 6) is -0.600. The first-order valence-corrected chi connectivity index (χ1v) is 21.2. The van der Waals surface area contributed by atoms with E-state index in [1.54, 1.807) is 0 Å². The molecule has 5 N–H and O–H groups in total. The Labute approximate surface area is 304 Å². The second-order valence-corrected chi connectivity index (χ2v) is 14.7. The highest BCUT2D eigenvalue weighted by Gasteiger charge is 2.28. The highest BCUT2D eigenvalue weighted by Crippen LogP contribution is 2.15. The monoisotopic (exact) mass is 694 g/mol. The molecule has 1 amide bonds. The number of rotatable bonds is 38. The minimum atomic E-state index is -1.28. The molecule has 4 atom stereocenters. The number of allylic oxidation sites excluding steroid dienone is 4. The van der Waals surface area contributed by atoms with E-state index in [0.29, 0.717) is 19.3 Å². The Morgan fingerprint density at radius 2 is 0.857 bits per heavy atom. The molecule has 0 aliphatic carbocycles. The van der Waals surface area contributed by atoms with E-state index < -0.39 is 36.9 Å². The van der Waals surface area contributed by atoms with E-state index >= 15 is 0 Å². The van der Waals surface area contributed by atoms with Gasteiger partial charge in [-0.1, -0.05) is 186 Å². The molecule has 49 heavy (non-hydrogen) atoms. The van der Waals surface area contributed by atoms with Gasteiger partial charge in [0.2, 0.25) is 5.91 Å². The molecule has 290 valence electrons. The lowest BCUT2D eigenvalue weighted by atomic mass is 10.00. The minimum absolute atomic E-state index is 0.361. The van der Waals surface area contributed by atoms with Gasteiger partial charge in [0.25, 0.3) is 0 Å². The molecule has 0 heterocycles. The second kappa shape index (κ2) is 38.0. The van der Waals surface area contributed by atoms with Crippen molar-refractivity contribution in [3.8, 4) is 0 Å². The summed E-state index contributed by atoms with van der Waals surface area (Å²) in [5, 5.41) is 43.4. The Morgan fingerprint density at radius 3 is 1.29 bits per heavy atom. The first-order valence-electron chi connectivity index (χ1n) is 21.2. The number of carbonyl (C=O) groups excluding carboxylic acids is 1. The summed E-state index contributed by atoms with van der Waals surface area (Å²) < 4.78 is 0. The Kier molecular flexibility index (Phi) is 37.1. The van der Waals surface area contributed by atoms with Gasteiger partial charge in [-0.2, -0.15) is 0 Å². The van der Waals surface area contributed by atoms with E-state index in [0.717, 1.165) is 38.5 Å². The number of aliphatic hydroxyl groups is 4. The molecule has 0 spiro atoms. The smallest absolute Gasteiger partial charge is 0.249 e. The number of hydrogen-bond donors (Lipinski definition) is 5. The Hall–Kier alpha value is -1.21. The Balaban J connectivity index is 3.74. The first kappa shape index (κ1) is 47.8. The van der Waals surface area contributed by atoms with Gasteiger partial charge in [0.1, 0.15) is 12.2 Å². The van der Waals surface area contributed by atoms with Gasteiger partial charge >= 0.3 is 0 Å². The Morgan fingerprint density at radius 1 is 0.490 bits per heavy atom. The van der Waals surface area contributed by atoms with Crippen LogP contribution in [-0.4, -0.2) is 57.3 Å². The summed E-state index contributed by atoms with van der Waals surface area (Å²) in [4.78, 5) is 12.4. The molecule has 0 saturated carbocycles. The maximum Gasteiger partial charge on any atom is 0.249 e. The second-order valence-electron chi connectivity index (χ2n) is 14.7. The number of carbonyl (C=O) groups is 1. The van der Waals surface area contributed by atoms with Crippen LogP contribution in [0.2, 0.25) is 0 Å². The van der Waals surface area contributed by atoms with E-state index in [9.17, 15) is 25.2 Å². The number of amides is 1. The fraction of sp³-hybridized carbons (Fsp3) is 0.884. The predicted molar refractivity (Wildman–Crippen MR) is 210 cm³/mol. The van der Waals surface area contributed by atoms with Crippen molar-refractivity contribution in [3.05, 3.63) is 24.3 Å². The van der Waals surface area contributed by atoms with Crippen LogP contribution in [0.3, 0.4) is 0 Å². The van der Waals surface area contributed by atoms with Crippen LogP contribution in [-0.2, 0) is 4.79 Å². The number of nitrogens with one attached hydrogen (secondary N) is 1. The first-order chi connectivity index (χ1) is 24.0.